The van der Waals surface area contributed by atoms with Crippen LogP contribution in [0, 0.1) is 27.7 Å². The number of pyridine rings is 1. The summed E-state index contributed by atoms with van der Waals surface area (Å²) in [4.78, 5) is 59.9. The number of aryl methyl sites for hydroxylation is 5. The number of anilines is 1. The molecule has 1 atom stereocenters. The molecule has 3 aromatic rings. The van der Waals surface area contributed by atoms with Crippen molar-refractivity contribution >= 4 is 28.5 Å². The molecule has 9 nitrogen and oxygen atoms in total. The molecule has 190 valence electrons. The molecule has 0 spiro atoms. The minimum Gasteiger partial charge on any atom is -0.339 e. The Bertz CT molecular complexity index is 1470. The molecular weight excluding hydrogens is 458 g/mol. The molecule has 0 saturated carbocycles. The maximum absolute atomic E-state index is 13.8. The summed E-state index contributed by atoms with van der Waals surface area (Å²) in [6.45, 7) is 10.2. The predicted molar refractivity (Wildman–Crippen MR) is 140 cm³/mol. The minimum absolute atomic E-state index is 0.0561. The number of hydrogen-bond donors (Lipinski definition) is 1. The summed E-state index contributed by atoms with van der Waals surface area (Å²) in [5.74, 6) is -0.747. The second kappa shape index (κ2) is 9.72. The molecule has 0 bridgehead atoms. The van der Waals surface area contributed by atoms with E-state index in [0.29, 0.717) is 24.5 Å². The molecule has 2 amide bonds. The van der Waals surface area contributed by atoms with Crippen LogP contribution in [-0.4, -0.2) is 43.9 Å². The van der Waals surface area contributed by atoms with E-state index in [1.165, 1.54) is 18.5 Å². The van der Waals surface area contributed by atoms with Crippen molar-refractivity contribution in [1.29, 1.82) is 0 Å². The Hall–Kier alpha value is -3.75. The quantitative estimate of drug-likeness (QED) is 0.604. The smallest absolute Gasteiger partial charge is 0.333 e. The van der Waals surface area contributed by atoms with Gasteiger partial charge in [0.05, 0.1) is 10.9 Å². The van der Waals surface area contributed by atoms with Crippen LogP contribution in [0.2, 0.25) is 0 Å². The van der Waals surface area contributed by atoms with Crippen molar-refractivity contribution in [2.75, 3.05) is 18.4 Å². The van der Waals surface area contributed by atoms with Crippen molar-refractivity contribution in [3.8, 4) is 0 Å². The molecule has 1 N–H and O–H groups in total. The van der Waals surface area contributed by atoms with E-state index in [1.54, 1.807) is 17.9 Å². The lowest BCUT2D eigenvalue weighted by molar-refractivity contribution is -0.119. The lowest BCUT2D eigenvalue weighted by atomic mass is 10.0. The highest BCUT2D eigenvalue weighted by Crippen LogP contribution is 2.23. The first-order chi connectivity index (χ1) is 17.0. The molecule has 1 aliphatic heterocycles. The summed E-state index contributed by atoms with van der Waals surface area (Å²) in [6.07, 6.45) is 2.88. The molecule has 4 rings (SSSR count). The van der Waals surface area contributed by atoms with E-state index >= 15 is 0 Å². The molecule has 3 heterocycles. The number of aromatic nitrogens is 3. The van der Waals surface area contributed by atoms with Gasteiger partial charge in [0.1, 0.15) is 11.7 Å². The monoisotopic (exact) mass is 491 g/mol. The third-order valence-electron chi connectivity index (χ3n) is 6.94. The van der Waals surface area contributed by atoms with E-state index in [4.69, 9.17) is 0 Å². The van der Waals surface area contributed by atoms with E-state index in [0.717, 1.165) is 40.5 Å². The van der Waals surface area contributed by atoms with Crippen molar-refractivity contribution in [3.05, 3.63) is 67.0 Å². The molecule has 1 aliphatic rings. The van der Waals surface area contributed by atoms with Gasteiger partial charge in [0.25, 0.3) is 11.5 Å². The topological polar surface area (TPSA) is 106 Å². The molecule has 0 aliphatic carbocycles. The Balaban J connectivity index is 1.84. The van der Waals surface area contributed by atoms with E-state index in [9.17, 15) is 19.2 Å². The molecule has 1 fully saturated rings. The summed E-state index contributed by atoms with van der Waals surface area (Å²) in [5.41, 5.74) is 3.03. The summed E-state index contributed by atoms with van der Waals surface area (Å²) in [5, 5.41) is 2.94. The number of nitrogens with one attached hydrogen (secondary N) is 1. The van der Waals surface area contributed by atoms with Crippen LogP contribution in [0.1, 0.15) is 65.0 Å². The molecule has 9 heteroatoms. The highest BCUT2D eigenvalue weighted by atomic mass is 16.2. The van der Waals surface area contributed by atoms with E-state index in [2.05, 4.69) is 10.3 Å². The number of hydrogen-bond acceptors (Lipinski definition) is 5. The molecule has 36 heavy (non-hydrogen) atoms. The van der Waals surface area contributed by atoms with Crippen LogP contribution < -0.4 is 16.6 Å². The van der Waals surface area contributed by atoms with Gasteiger partial charge in [-0.3, -0.25) is 19.0 Å². The summed E-state index contributed by atoms with van der Waals surface area (Å²) < 4.78 is 2.16. The van der Waals surface area contributed by atoms with Crippen molar-refractivity contribution in [1.82, 2.24) is 19.0 Å². The number of fused-ring (bicyclic) bond motifs is 1. The predicted octanol–water partition coefficient (Wildman–Crippen LogP) is 3.15. The lowest BCUT2D eigenvalue weighted by Crippen LogP contribution is -2.45. The van der Waals surface area contributed by atoms with Crippen molar-refractivity contribution in [2.24, 2.45) is 7.05 Å². The van der Waals surface area contributed by atoms with Crippen molar-refractivity contribution in [3.63, 3.8) is 0 Å². The van der Waals surface area contributed by atoms with Crippen LogP contribution >= 0.6 is 0 Å². The fourth-order valence-electron chi connectivity index (χ4n) is 5.07. The number of benzene rings is 1. The van der Waals surface area contributed by atoms with Gasteiger partial charge in [-0.1, -0.05) is 17.7 Å². The molecular formula is C27H33N5O4. The highest BCUT2D eigenvalue weighted by Gasteiger charge is 2.28. The van der Waals surface area contributed by atoms with E-state index in [-0.39, 0.29) is 22.5 Å². The largest absolute Gasteiger partial charge is 0.339 e. The number of carbonyl (C=O) groups excluding carboxylic acids is 2. The number of likely N-dealkylation sites (tertiary alicyclic amines) is 1. The number of piperidine rings is 1. The van der Waals surface area contributed by atoms with Crippen molar-refractivity contribution < 1.29 is 9.59 Å². The van der Waals surface area contributed by atoms with Crippen LogP contribution in [-0.2, 0) is 11.8 Å². The van der Waals surface area contributed by atoms with Crippen LogP contribution in [0.15, 0.2) is 27.8 Å². The average molecular weight is 492 g/mol. The fourth-order valence-corrected chi connectivity index (χ4v) is 5.07. The van der Waals surface area contributed by atoms with Crippen LogP contribution in [0.5, 0.6) is 0 Å². The Morgan fingerprint density at radius 3 is 2.19 bits per heavy atom. The van der Waals surface area contributed by atoms with Gasteiger partial charge in [-0.2, -0.15) is 0 Å². The summed E-state index contributed by atoms with van der Waals surface area (Å²) in [7, 11) is 1.50. The van der Waals surface area contributed by atoms with Crippen LogP contribution in [0.4, 0.5) is 5.69 Å². The first-order valence-electron chi connectivity index (χ1n) is 12.3. The lowest BCUT2D eigenvalue weighted by Gasteiger charge is -2.27. The van der Waals surface area contributed by atoms with Gasteiger partial charge in [-0.25, -0.2) is 14.3 Å². The Kier molecular flexibility index (Phi) is 6.84. The first-order valence-corrected chi connectivity index (χ1v) is 12.3. The second-order valence-electron chi connectivity index (χ2n) is 9.82. The SMILES string of the molecule is Cc1cc(C)c(NC(=O)[C@@H](C)n2c(=O)c3c(C(=O)N4CCCCC4)cc(C)nc3n(C)c2=O)c(C)c1. The molecule has 0 unspecified atom stereocenters. The van der Waals surface area contributed by atoms with Gasteiger partial charge in [0.2, 0.25) is 5.91 Å². The number of carbonyl (C=O) groups is 2. The van der Waals surface area contributed by atoms with Crippen LogP contribution in [0.25, 0.3) is 11.0 Å². The normalized spacial score (nSPS) is 14.7. The summed E-state index contributed by atoms with van der Waals surface area (Å²) >= 11 is 0. The van der Waals surface area contributed by atoms with E-state index < -0.39 is 23.2 Å². The zero-order valence-corrected chi connectivity index (χ0v) is 21.8. The van der Waals surface area contributed by atoms with Crippen LogP contribution in [0.3, 0.4) is 0 Å². The van der Waals surface area contributed by atoms with Gasteiger partial charge in [0.15, 0.2) is 0 Å². The molecule has 0 radical (unpaired) electrons. The molecule has 2 aromatic heterocycles. The minimum atomic E-state index is -1.11. The van der Waals surface area contributed by atoms with Gasteiger partial charge in [0, 0.05) is 31.5 Å². The Morgan fingerprint density at radius 2 is 1.58 bits per heavy atom. The van der Waals surface area contributed by atoms with Gasteiger partial charge in [-0.05, 0) is 71.1 Å². The third-order valence-corrected chi connectivity index (χ3v) is 6.94. The number of amides is 2. The Labute approximate surface area is 209 Å². The fraction of sp³-hybridized carbons (Fsp3) is 0.444. The maximum Gasteiger partial charge on any atom is 0.333 e. The Morgan fingerprint density at radius 1 is 0.972 bits per heavy atom. The average Bonchev–Trinajstić information content (AvgIpc) is 2.84. The van der Waals surface area contributed by atoms with Crippen molar-refractivity contribution in [2.45, 2.75) is 59.9 Å². The standard InChI is InChI=1S/C27H33N5O4/c1-15-12-16(2)22(17(3)13-15)29-24(33)19(5)32-26(35)21-20(25(34)31-10-8-7-9-11-31)14-18(4)28-23(21)30(6)27(32)36/h12-14,19H,7-11H2,1-6H3,(H,29,33)/t19-/m1/s1. The maximum atomic E-state index is 13.8. The summed E-state index contributed by atoms with van der Waals surface area (Å²) in [6, 6.07) is 4.40. The zero-order valence-electron chi connectivity index (χ0n) is 21.8. The zero-order chi connectivity index (χ0) is 26.3. The van der Waals surface area contributed by atoms with Gasteiger partial charge < -0.3 is 10.2 Å². The first kappa shape index (κ1) is 25.3. The van der Waals surface area contributed by atoms with Gasteiger partial charge in [-0.15, -0.1) is 0 Å². The van der Waals surface area contributed by atoms with E-state index in [1.807, 2.05) is 32.9 Å². The number of nitrogens with zero attached hydrogens (tertiary/aromatic N) is 4. The molecule has 1 saturated heterocycles. The van der Waals surface area contributed by atoms with Gasteiger partial charge >= 0.3 is 5.69 Å². The number of rotatable bonds is 4. The second-order valence-corrected chi connectivity index (χ2v) is 9.82. The third kappa shape index (κ3) is 4.45. The molecule has 1 aromatic carbocycles. The highest BCUT2D eigenvalue weighted by molar-refractivity contribution is 6.05.